The number of esters is 1. The summed E-state index contributed by atoms with van der Waals surface area (Å²) in [7, 11) is 0. The molecule has 0 radical (unpaired) electrons. The smallest absolute Gasteiger partial charge is 0.333 e. The van der Waals surface area contributed by atoms with Gasteiger partial charge >= 0.3 is 5.97 Å². The van der Waals surface area contributed by atoms with E-state index in [0.29, 0.717) is 33.7 Å². The second-order valence-corrected chi connectivity index (χ2v) is 9.48. The molecule has 2 amide bonds. The van der Waals surface area contributed by atoms with Crippen molar-refractivity contribution in [3.63, 3.8) is 0 Å². The van der Waals surface area contributed by atoms with Crippen molar-refractivity contribution in [3.8, 4) is 5.75 Å². The molecule has 1 aliphatic rings. The summed E-state index contributed by atoms with van der Waals surface area (Å²) in [6, 6.07) is 22.2. The number of hydrogen-bond acceptors (Lipinski definition) is 7. The van der Waals surface area contributed by atoms with Crippen LogP contribution in [0.25, 0.3) is 0 Å². The molecule has 0 spiro atoms. The molecule has 0 aromatic heterocycles. The molecule has 9 heteroatoms. The first-order valence-corrected chi connectivity index (χ1v) is 11.8. The molecule has 0 saturated carbocycles. The number of imide groups is 1. The fourth-order valence-corrected chi connectivity index (χ4v) is 4.65. The predicted octanol–water partition coefficient (Wildman–Crippen LogP) is 4.61. The summed E-state index contributed by atoms with van der Waals surface area (Å²) in [6.07, 6.45) is -0.0510. The zero-order chi connectivity index (χ0) is 24.8. The number of hydrogen-bond donors (Lipinski definition) is 1. The zero-order valence-electron chi connectivity index (χ0n) is 18.4. The number of carbonyl (C=O) groups is 4. The highest BCUT2D eigenvalue weighted by Gasteiger charge is 2.55. The highest BCUT2D eigenvalue weighted by Crippen LogP contribution is 2.37. The summed E-state index contributed by atoms with van der Waals surface area (Å²) in [5.74, 6) is -1.29. The first-order chi connectivity index (χ1) is 16.9. The Kier molecular flexibility index (Phi) is 7.53. The summed E-state index contributed by atoms with van der Waals surface area (Å²) < 4.78 is 9.24. The molecule has 1 aliphatic heterocycles. The van der Waals surface area contributed by atoms with Gasteiger partial charge in [0.2, 0.25) is 4.75 Å². The maximum absolute atomic E-state index is 13.0. The van der Waals surface area contributed by atoms with Gasteiger partial charge in [-0.2, -0.15) is 0 Å². The summed E-state index contributed by atoms with van der Waals surface area (Å²) >= 11 is 6.54. The van der Waals surface area contributed by atoms with E-state index < -0.39 is 21.9 Å². The molecule has 1 fully saturated rings. The molecule has 4 rings (SSSR count). The van der Waals surface area contributed by atoms with Gasteiger partial charge in [-0.05, 0) is 47.2 Å². The van der Waals surface area contributed by atoms with E-state index in [9.17, 15) is 19.2 Å². The average Bonchev–Trinajstić information content (AvgIpc) is 3.15. The van der Waals surface area contributed by atoms with Crippen LogP contribution < -0.4 is 10.1 Å². The lowest BCUT2D eigenvalue weighted by atomic mass is 9.97. The number of nitrogens with one attached hydrogen (secondary N) is 1. The van der Waals surface area contributed by atoms with E-state index >= 15 is 0 Å². The highest BCUT2D eigenvalue weighted by molar-refractivity contribution is 8.16. The highest BCUT2D eigenvalue weighted by atomic mass is 35.5. The van der Waals surface area contributed by atoms with Crippen LogP contribution in [0.3, 0.4) is 0 Å². The minimum atomic E-state index is -1.73. The molecule has 1 heterocycles. The van der Waals surface area contributed by atoms with Gasteiger partial charge in [0, 0.05) is 17.0 Å². The van der Waals surface area contributed by atoms with Crippen molar-refractivity contribution in [3.05, 3.63) is 101 Å². The minimum Gasteiger partial charge on any atom is -0.485 e. The van der Waals surface area contributed by atoms with E-state index in [2.05, 4.69) is 5.32 Å². The van der Waals surface area contributed by atoms with E-state index in [0.717, 1.165) is 5.56 Å². The van der Waals surface area contributed by atoms with Gasteiger partial charge < -0.3 is 9.47 Å². The third kappa shape index (κ3) is 5.90. The Labute approximate surface area is 210 Å². The van der Waals surface area contributed by atoms with Gasteiger partial charge in [0.15, 0.2) is 12.4 Å². The number of Topliss-reactive ketones (excluding diaryl/α,β-unsaturated/α-hetero) is 1. The quantitative estimate of drug-likeness (QED) is 0.255. The molecule has 7 nitrogen and oxygen atoms in total. The third-order valence-electron chi connectivity index (χ3n) is 5.28. The SMILES string of the molecule is O=C1NC(=O)C(Cc2ccc(OCC(=O)c3cccc(Cl)c3)cc2)(C(=O)OCc2ccccc2)S1. The van der Waals surface area contributed by atoms with Crippen LogP contribution >= 0.6 is 23.4 Å². The Morgan fingerprint density at radius 2 is 1.66 bits per heavy atom. The van der Waals surface area contributed by atoms with E-state index in [4.69, 9.17) is 21.1 Å². The fourth-order valence-electron chi connectivity index (χ4n) is 3.47. The fraction of sp³-hybridized carbons (Fsp3) is 0.154. The Morgan fingerprint density at radius 3 is 2.31 bits per heavy atom. The molecular weight excluding hydrogens is 490 g/mol. The van der Waals surface area contributed by atoms with Crippen molar-refractivity contribution in [2.45, 2.75) is 17.8 Å². The van der Waals surface area contributed by atoms with Gasteiger partial charge in [-0.15, -0.1) is 0 Å². The Bertz CT molecular complexity index is 1260. The molecule has 1 atom stereocenters. The van der Waals surface area contributed by atoms with Crippen LogP contribution in [0.5, 0.6) is 5.75 Å². The zero-order valence-corrected chi connectivity index (χ0v) is 19.9. The monoisotopic (exact) mass is 509 g/mol. The maximum atomic E-state index is 13.0. The number of ketones is 1. The lowest BCUT2D eigenvalue weighted by Crippen LogP contribution is -2.46. The Balaban J connectivity index is 1.42. The van der Waals surface area contributed by atoms with Crippen molar-refractivity contribution in [1.82, 2.24) is 5.32 Å². The normalized spacial score (nSPS) is 17.1. The van der Waals surface area contributed by atoms with Gasteiger partial charge in [0.05, 0.1) is 0 Å². The predicted molar refractivity (Wildman–Crippen MR) is 132 cm³/mol. The molecule has 0 aliphatic carbocycles. The second kappa shape index (κ2) is 10.8. The summed E-state index contributed by atoms with van der Waals surface area (Å²) in [6.45, 7) is -0.195. The molecule has 3 aromatic rings. The second-order valence-electron chi connectivity index (χ2n) is 7.78. The van der Waals surface area contributed by atoms with Crippen LogP contribution in [0.15, 0.2) is 78.9 Å². The van der Waals surface area contributed by atoms with Crippen LogP contribution in [-0.2, 0) is 27.4 Å². The molecule has 178 valence electrons. The third-order valence-corrected chi connectivity index (χ3v) is 6.65. The number of amides is 2. The molecular formula is C26H20ClNO6S. The van der Waals surface area contributed by atoms with Crippen LogP contribution in [-0.4, -0.2) is 34.3 Å². The van der Waals surface area contributed by atoms with E-state index in [1.807, 2.05) is 18.2 Å². The molecule has 3 aromatic carbocycles. The summed E-state index contributed by atoms with van der Waals surface area (Å²) in [5.41, 5.74) is 1.83. The Hall–Kier alpha value is -3.62. The topological polar surface area (TPSA) is 98.8 Å². The van der Waals surface area contributed by atoms with Crippen LogP contribution in [0.4, 0.5) is 4.79 Å². The lowest BCUT2D eigenvalue weighted by molar-refractivity contribution is -0.150. The van der Waals surface area contributed by atoms with E-state index in [1.165, 1.54) is 0 Å². The van der Waals surface area contributed by atoms with Crippen LogP contribution in [0, 0.1) is 0 Å². The van der Waals surface area contributed by atoms with Crippen molar-refractivity contribution in [2.75, 3.05) is 6.61 Å². The standard InChI is InChI=1S/C26H20ClNO6S/c27-20-8-4-7-19(13-20)22(29)16-33-21-11-9-17(10-12-21)14-26(23(30)28-25(32)35-26)24(31)34-15-18-5-2-1-3-6-18/h1-13H,14-16H2,(H,28,30,32). The van der Waals surface area contributed by atoms with Gasteiger partial charge in [0.1, 0.15) is 12.4 Å². The number of ether oxygens (including phenoxy) is 2. The maximum Gasteiger partial charge on any atom is 0.333 e. The first kappa shape index (κ1) is 24.5. The Morgan fingerprint density at radius 1 is 0.914 bits per heavy atom. The molecule has 0 bridgehead atoms. The number of rotatable bonds is 9. The van der Waals surface area contributed by atoms with Crippen molar-refractivity contribution < 1.29 is 28.7 Å². The number of halogens is 1. The molecule has 1 unspecified atom stereocenters. The van der Waals surface area contributed by atoms with Crippen molar-refractivity contribution in [1.29, 1.82) is 0 Å². The van der Waals surface area contributed by atoms with Crippen LogP contribution in [0.2, 0.25) is 5.02 Å². The van der Waals surface area contributed by atoms with E-state index in [1.54, 1.807) is 60.7 Å². The van der Waals surface area contributed by atoms with Gasteiger partial charge in [-0.1, -0.05) is 66.2 Å². The largest absolute Gasteiger partial charge is 0.485 e. The summed E-state index contributed by atoms with van der Waals surface area (Å²) in [4.78, 5) is 49.9. The summed E-state index contributed by atoms with van der Waals surface area (Å²) in [5, 5.41) is 2.04. The number of carbonyl (C=O) groups excluding carboxylic acids is 4. The number of benzene rings is 3. The van der Waals surface area contributed by atoms with Crippen LogP contribution in [0.1, 0.15) is 21.5 Å². The van der Waals surface area contributed by atoms with Gasteiger partial charge in [-0.25, -0.2) is 4.79 Å². The molecule has 1 saturated heterocycles. The average molecular weight is 510 g/mol. The van der Waals surface area contributed by atoms with Crippen molar-refractivity contribution in [2.24, 2.45) is 0 Å². The van der Waals surface area contributed by atoms with Gasteiger partial charge in [0.25, 0.3) is 11.1 Å². The van der Waals surface area contributed by atoms with Gasteiger partial charge in [-0.3, -0.25) is 19.7 Å². The molecule has 35 heavy (non-hydrogen) atoms. The number of thioether (sulfide) groups is 1. The van der Waals surface area contributed by atoms with Crippen molar-refractivity contribution >= 4 is 46.3 Å². The minimum absolute atomic E-state index is 0.0170. The van der Waals surface area contributed by atoms with E-state index in [-0.39, 0.29) is 25.4 Å². The first-order valence-electron chi connectivity index (χ1n) is 10.6. The molecule has 1 N–H and O–H groups in total. The lowest BCUT2D eigenvalue weighted by Gasteiger charge is -2.22.